The van der Waals surface area contributed by atoms with E-state index in [0.29, 0.717) is 17.9 Å². The molecule has 0 spiro atoms. The number of aryl methyl sites for hydroxylation is 1. The molecule has 0 N–H and O–H groups in total. The Labute approximate surface area is 107 Å². The van der Waals surface area contributed by atoms with Crippen LogP contribution >= 0.6 is 0 Å². The maximum absolute atomic E-state index is 8.99. The summed E-state index contributed by atoms with van der Waals surface area (Å²) in [6.45, 7) is 2.63. The molecule has 2 rings (SSSR count). The van der Waals surface area contributed by atoms with E-state index in [1.165, 1.54) is 11.1 Å². The van der Waals surface area contributed by atoms with Crippen LogP contribution in [0.15, 0.2) is 48.5 Å². The molecule has 2 heteroatoms. The number of hydrogen-bond acceptors (Lipinski definition) is 2. The number of rotatable bonds is 4. The smallest absolute Gasteiger partial charge is 0.137 e. The van der Waals surface area contributed by atoms with E-state index in [4.69, 9.17) is 10.00 Å². The van der Waals surface area contributed by atoms with E-state index in [2.05, 4.69) is 25.1 Å². The molecule has 0 bridgehead atoms. The lowest BCUT2D eigenvalue weighted by molar-refractivity contribution is 0.304. The molecule has 0 radical (unpaired) electrons. The third-order valence-electron chi connectivity index (χ3n) is 2.89. The molecule has 2 aromatic rings. The molecule has 0 saturated carbocycles. The van der Waals surface area contributed by atoms with Crippen molar-refractivity contribution in [3.8, 4) is 11.8 Å². The molecule has 0 aliphatic carbocycles. The topological polar surface area (TPSA) is 33.0 Å². The first-order valence-corrected chi connectivity index (χ1v) is 6.04. The van der Waals surface area contributed by atoms with Crippen molar-refractivity contribution in [3.63, 3.8) is 0 Å². The summed E-state index contributed by atoms with van der Waals surface area (Å²) in [6.07, 6.45) is 0.986. The van der Waals surface area contributed by atoms with E-state index in [1.807, 2.05) is 30.3 Å². The quantitative estimate of drug-likeness (QED) is 0.812. The van der Waals surface area contributed by atoms with Crippen molar-refractivity contribution in [2.75, 3.05) is 0 Å². The lowest BCUT2D eigenvalue weighted by Gasteiger charge is -2.10. The minimum absolute atomic E-state index is 0.503. The fraction of sp³-hybridized carbons (Fsp3) is 0.188. The van der Waals surface area contributed by atoms with Crippen LogP contribution in [0.5, 0.6) is 5.75 Å². The normalized spacial score (nSPS) is 9.78. The Morgan fingerprint density at radius 1 is 1.00 bits per heavy atom. The number of nitrogens with zero attached hydrogens (tertiary/aromatic N) is 1. The van der Waals surface area contributed by atoms with Crippen LogP contribution < -0.4 is 4.74 Å². The predicted molar refractivity (Wildman–Crippen MR) is 71.3 cm³/mol. The Morgan fingerprint density at radius 2 is 1.67 bits per heavy atom. The summed E-state index contributed by atoms with van der Waals surface area (Å²) in [6, 6.07) is 17.7. The maximum Gasteiger partial charge on any atom is 0.137 e. The van der Waals surface area contributed by atoms with Gasteiger partial charge in [0.05, 0.1) is 5.56 Å². The maximum atomic E-state index is 8.99. The fourth-order valence-electron chi connectivity index (χ4n) is 1.88. The second-order valence-electron chi connectivity index (χ2n) is 4.02. The van der Waals surface area contributed by atoms with Crippen LogP contribution in [0.3, 0.4) is 0 Å². The van der Waals surface area contributed by atoms with Crippen molar-refractivity contribution in [1.82, 2.24) is 0 Å². The number of ether oxygens (including phenoxy) is 1. The Kier molecular flexibility index (Phi) is 3.98. The van der Waals surface area contributed by atoms with Crippen molar-refractivity contribution in [3.05, 3.63) is 65.2 Å². The van der Waals surface area contributed by atoms with E-state index in [1.54, 1.807) is 6.07 Å². The average Bonchev–Trinajstić information content (AvgIpc) is 2.45. The van der Waals surface area contributed by atoms with Gasteiger partial charge in [-0.05, 0) is 29.7 Å². The summed E-state index contributed by atoms with van der Waals surface area (Å²) in [5, 5.41) is 8.99. The molecule has 0 fully saturated rings. The molecular formula is C16H15NO. The Hall–Kier alpha value is -2.27. The lowest BCUT2D eigenvalue weighted by atomic mass is 10.1. The third-order valence-corrected chi connectivity index (χ3v) is 2.89. The highest BCUT2D eigenvalue weighted by Crippen LogP contribution is 2.19. The van der Waals surface area contributed by atoms with Gasteiger partial charge in [0.1, 0.15) is 18.4 Å². The molecule has 18 heavy (non-hydrogen) atoms. The van der Waals surface area contributed by atoms with E-state index < -0.39 is 0 Å². The molecule has 0 atom stereocenters. The summed E-state index contributed by atoms with van der Waals surface area (Å²) in [5.74, 6) is 0.644. The SMILES string of the molecule is CCc1ccccc1COc1ccccc1C#N. The first kappa shape index (κ1) is 12.2. The van der Waals surface area contributed by atoms with Crippen molar-refractivity contribution in [2.24, 2.45) is 0 Å². The minimum Gasteiger partial charge on any atom is -0.488 e. The third kappa shape index (κ3) is 2.70. The molecule has 0 unspecified atom stereocenters. The van der Waals surface area contributed by atoms with Gasteiger partial charge in [0.25, 0.3) is 0 Å². The highest BCUT2D eigenvalue weighted by molar-refractivity contribution is 5.42. The highest BCUT2D eigenvalue weighted by atomic mass is 16.5. The van der Waals surface area contributed by atoms with E-state index in [9.17, 15) is 0 Å². The van der Waals surface area contributed by atoms with Gasteiger partial charge in [0.15, 0.2) is 0 Å². The van der Waals surface area contributed by atoms with Crippen molar-refractivity contribution < 1.29 is 4.74 Å². The predicted octanol–water partition coefficient (Wildman–Crippen LogP) is 3.70. The number of nitriles is 1. The number of benzene rings is 2. The van der Waals surface area contributed by atoms with Crippen molar-refractivity contribution in [1.29, 1.82) is 5.26 Å². The zero-order valence-corrected chi connectivity index (χ0v) is 10.4. The van der Waals surface area contributed by atoms with Crippen molar-refractivity contribution in [2.45, 2.75) is 20.0 Å². The van der Waals surface area contributed by atoms with Gasteiger partial charge >= 0.3 is 0 Å². The zero-order chi connectivity index (χ0) is 12.8. The van der Waals surface area contributed by atoms with Gasteiger partial charge in [0.2, 0.25) is 0 Å². The van der Waals surface area contributed by atoms with Gasteiger partial charge in [-0.25, -0.2) is 0 Å². The van der Waals surface area contributed by atoms with Gasteiger partial charge in [0, 0.05) is 0 Å². The molecule has 2 nitrogen and oxygen atoms in total. The molecule has 0 aliphatic heterocycles. The number of hydrogen-bond donors (Lipinski definition) is 0. The fourth-order valence-corrected chi connectivity index (χ4v) is 1.88. The Bertz CT molecular complexity index is 569. The van der Waals surface area contributed by atoms with Gasteiger partial charge in [-0.15, -0.1) is 0 Å². The highest BCUT2D eigenvalue weighted by Gasteiger charge is 2.04. The standard InChI is InChI=1S/C16H15NO/c1-2-13-7-3-4-9-15(13)12-18-16-10-6-5-8-14(16)11-17/h3-10H,2,12H2,1H3. The molecule has 90 valence electrons. The van der Waals surface area contributed by atoms with Crippen LogP contribution in [-0.2, 0) is 13.0 Å². The average molecular weight is 237 g/mol. The molecule has 0 aliphatic rings. The van der Waals surface area contributed by atoms with Crippen molar-refractivity contribution >= 4 is 0 Å². The van der Waals surface area contributed by atoms with Crippen LogP contribution in [0.1, 0.15) is 23.6 Å². The van der Waals surface area contributed by atoms with Crippen LogP contribution in [0, 0.1) is 11.3 Å². The summed E-state index contributed by atoms with van der Waals surface area (Å²) in [4.78, 5) is 0. The monoisotopic (exact) mass is 237 g/mol. The molecule has 0 amide bonds. The molecule has 0 saturated heterocycles. The minimum atomic E-state index is 0.503. The van der Waals surface area contributed by atoms with E-state index in [0.717, 1.165) is 6.42 Å². The van der Waals surface area contributed by atoms with Crippen LogP contribution in [0.25, 0.3) is 0 Å². The van der Waals surface area contributed by atoms with Gasteiger partial charge in [-0.1, -0.05) is 43.3 Å². The van der Waals surface area contributed by atoms with Crippen LogP contribution in [0.4, 0.5) is 0 Å². The largest absolute Gasteiger partial charge is 0.488 e. The summed E-state index contributed by atoms with van der Waals surface area (Å²) in [5.41, 5.74) is 3.03. The van der Waals surface area contributed by atoms with E-state index >= 15 is 0 Å². The molecular weight excluding hydrogens is 222 g/mol. The second-order valence-corrected chi connectivity index (χ2v) is 4.02. The molecule has 0 heterocycles. The Morgan fingerprint density at radius 3 is 2.39 bits per heavy atom. The zero-order valence-electron chi connectivity index (χ0n) is 10.4. The summed E-state index contributed by atoms with van der Waals surface area (Å²) < 4.78 is 5.73. The molecule has 0 aromatic heterocycles. The van der Waals surface area contributed by atoms with Gasteiger partial charge in [-0.2, -0.15) is 5.26 Å². The van der Waals surface area contributed by atoms with E-state index in [-0.39, 0.29) is 0 Å². The molecule has 2 aromatic carbocycles. The summed E-state index contributed by atoms with van der Waals surface area (Å²) >= 11 is 0. The first-order chi connectivity index (χ1) is 8.85. The number of para-hydroxylation sites is 1. The second kappa shape index (κ2) is 5.88. The Balaban J connectivity index is 2.14. The van der Waals surface area contributed by atoms with Crippen LogP contribution in [0.2, 0.25) is 0 Å². The summed E-state index contributed by atoms with van der Waals surface area (Å²) in [7, 11) is 0. The van der Waals surface area contributed by atoms with Gasteiger partial charge in [-0.3, -0.25) is 0 Å². The van der Waals surface area contributed by atoms with Crippen LogP contribution in [-0.4, -0.2) is 0 Å². The first-order valence-electron chi connectivity index (χ1n) is 6.04. The van der Waals surface area contributed by atoms with Gasteiger partial charge < -0.3 is 4.74 Å². The lowest BCUT2D eigenvalue weighted by Crippen LogP contribution is -2.00.